The van der Waals surface area contributed by atoms with Crippen LogP contribution in [0.2, 0.25) is 5.02 Å². The summed E-state index contributed by atoms with van der Waals surface area (Å²) in [6.07, 6.45) is -4.44. The van der Waals surface area contributed by atoms with Crippen LogP contribution in [-0.4, -0.2) is 56.1 Å². The van der Waals surface area contributed by atoms with Crippen molar-refractivity contribution < 1.29 is 42.1 Å². The number of fused-ring (bicyclic) bond motifs is 1. The zero-order chi connectivity index (χ0) is 32.2. The molecule has 1 aliphatic heterocycles. The number of aliphatic hydroxyl groups is 1. The van der Waals surface area contributed by atoms with Crippen molar-refractivity contribution >= 4 is 34.6 Å². The van der Waals surface area contributed by atoms with Gasteiger partial charge in [-0.2, -0.15) is 0 Å². The van der Waals surface area contributed by atoms with Gasteiger partial charge in [-0.3, -0.25) is 4.79 Å². The molecule has 236 valence electrons. The van der Waals surface area contributed by atoms with E-state index in [0.717, 1.165) is 0 Å². The van der Waals surface area contributed by atoms with Crippen LogP contribution in [-0.2, 0) is 16.1 Å². The lowest BCUT2D eigenvalue weighted by Crippen LogP contribution is -2.37. The van der Waals surface area contributed by atoms with Crippen molar-refractivity contribution in [1.29, 1.82) is 0 Å². The maximum Gasteiger partial charge on any atom is 0.573 e. The number of rotatable bonds is 11. The minimum atomic E-state index is -4.88. The Morgan fingerprint density at radius 3 is 2.48 bits per heavy atom. The number of oxime groups is 1. The van der Waals surface area contributed by atoms with Gasteiger partial charge in [-0.15, -0.1) is 13.2 Å². The van der Waals surface area contributed by atoms with Crippen molar-refractivity contribution in [2.75, 3.05) is 37.6 Å². The quantitative estimate of drug-likeness (QED) is 0.183. The van der Waals surface area contributed by atoms with E-state index in [1.54, 1.807) is 57.2 Å². The third-order valence-electron chi connectivity index (χ3n) is 6.89. The number of ether oxygens (including phenoxy) is 3. The van der Waals surface area contributed by atoms with Gasteiger partial charge in [-0.05, 0) is 63.1 Å². The first-order valence-corrected chi connectivity index (χ1v) is 13.9. The number of benzene rings is 3. The van der Waals surface area contributed by atoms with Gasteiger partial charge >= 0.3 is 6.36 Å². The minimum Gasteiger partial charge on any atom is -0.497 e. The van der Waals surface area contributed by atoms with Crippen molar-refractivity contribution in [2.45, 2.75) is 45.2 Å². The molecule has 13 heteroatoms. The number of nitrogens with one attached hydrogen (secondary N) is 1. The van der Waals surface area contributed by atoms with Gasteiger partial charge in [0, 0.05) is 40.5 Å². The fraction of sp³-hybridized carbons (Fsp3) is 0.355. The first-order valence-electron chi connectivity index (χ1n) is 13.6. The number of nitrogens with zero attached hydrogens (tertiary/aromatic N) is 2. The minimum absolute atomic E-state index is 0.241. The molecule has 0 radical (unpaired) electrons. The Morgan fingerprint density at radius 2 is 1.82 bits per heavy atom. The van der Waals surface area contributed by atoms with Crippen LogP contribution in [0.15, 0.2) is 59.8 Å². The molecule has 4 rings (SSSR count). The second kappa shape index (κ2) is 13.2. The average Bonchev–Trinajstić information content (AvgIpc) is 3.40. The topological polar surface area (TPSA) is 102 Å². The molecule has 0 fully saturated rings. The molecular weight excluding hydrogens is 603 g/mol. The van der Waals surface area contributed by atoms with Crippen molar-refractivity contribution in [3.05, 3.63) is 76.3 Å². The lowest BCUT2D eigenvalue weighted by molar-refractivity contribution is -0.274. The monoisotopic (exact) mass is 635 g/mol. The predicted molar refractivity (Wildman–Crippen MR) is 161 cm³/mol. The van der Waals surface area contributed by atoms with Crippen LogP contribution in [0.5, 0.6) is 17.2 Å². The molecule has 1 amide bonds. The lowest BCUT2D eigenvalue weighted by atomic mass is 10.0. The van der Waals surface area contributed by atoms with Crippen LogP contribution in [0.1, 0.15) is 43.5 Å². The number of methoxy groups -OCH3 is 2. The van der Waals surface area contributed by atoms with E-state index in [-0.39, 0.29) is 13.2 Å². The zero-order valence-electron chi connectivity index (χ0n) is 24.8. The van der Waals surface area contributed by atoms with Gasteiger partial charge in [0.25, 0.3) is 5.91 Å². The molecule has 1 heterocycles. The molecule has 0 aromatic heterocycles. The molecule has 0 saturated heterocycles. The number of anilines is 2. The first-order chi connectivity index (χ1) is 20.7. The molecule has 9 nitrogen and oxygen atoms in total. The molecule has 0 spiro atoms. The van der Waals surface area contributed by atoms with Gasteiger partial charge in [-0.1, -0.05) is 28.9 Å². The summed E-state index contributed by atoms with van der Waals surface area (Å²) in [7, 11) is 2.94. The predicted octanol–water partition coefficient (Wildman–Crippen LogP) is 6.51. The number of aliphatic hydroxyl groups excluding tert-OH is 1. The highest BCUT2D eigenvalue weighted by molar-refractivity contribution is 6.30. The molecule has 1 unspecified atom stereocenters. The third kappa shape index (κ3) is 7.86. The van der Waals surface area contributed by atoms with Crippen molar-refractivity contribution in [2.24, 2.45) is 5.16 Å². The molecule has 2 N–H and O–H groups in total. The summed E-state index contributed by atoms with van der Waals surface area (Å²) in [5, 5.41) is 17.3. The van der Waals surface area contributed by atoms with E-state index in [1.807, 2.05) is 0 Å². The number of carbonyl (C=O) groups is 1. The van der Waals surface area contributed by atoms with Gasteiger partial charge < -0.3 is 34.4 Å². The van der Waals surface area contributed by atoms with Gasteiger partial charge in [0.1, 0.15) is 23.3 Å². The number of hydrogen-bond acceptors (Lipinski definition) is 8. The Morgan fingerprint density at radius 1 is 1.07 bits per heavy atom. The lowest BCUT2D eigenvalue weighted by Gasteiger charge is -2.27. The summed E-state index contributed by atoms with van der Waals surface area (Å²) >= 11 is 6.21. The average molecular weight is 636 g/mol. The summed E-state index contributed by atoms with van der Waals surface area (Å²) in [4.78, 5) is 21.2. The normalized spacial score (nSPS) is 14.1. The van der Waals surface area contributed by atoms with Gasteiger partial charge in [0.2, 0.25) is 0 Å². The highest BCUT2D eigenvalue weighted by Crippen LogP contribution is 2.38. The fourth-order valence-corrected chi connectivity index (χ4v) is 4.75. The van der Waals surface area contributed by atoms with Gasteiger partial charge in [0.05, 0.1) is 32.2 Å². The summed E-state index contributed by atoms with van der Waals surface area (Å²) in [5.41, 5.74) is 2.12. The maximum absolute atomic E-state index is 14.3. The number of carbonyl (C=O) groups excluding carboxylic acids is 1. The Labute approximate surface area is 258 Å². The molecule has 1 atom stereocenters. The Balaban J connectivity index is 1.76. The standard InChI is InChI=1S/C31H33ClF3N3O6/c1-18(37-44-30(2,3)17-39)20-12-22(15-24(13-20)41-4)36-28(25-9-7-21(32)14-27(25)42-5)29(40)38-11-10-19-6-8-23(16-26(19)38)43-31(33,34)35/h6-9,12-16,28,36,39H,10-11,17H2,1-5H3. The second-order valence-corrected chi connectivity index (χ2v) is 11.1. The van der Waals surface area contributed by atoms with Crippen molar-refractivity contribution in [3.63, 3.8) is 0 Å². The maximum atomic E-state index is 14.3. The molecule has 3 aromatic carbocycles. The molecule has 0 bridgehead atoms. The second-order valence-electron chi connectivity index (χ2n) is 10.7. The van der Waals surface area contributed by atoms with Crippen LogP contribution >= 0.6 is 11.6 Å². The zero-order valence-corrected chi connectivity index (χ0v) is 25.5. The summed E-state index contributed by atoms with van der Waals surface area (Å²) < 4.78 is 54.1. The van der Waals surface area contributed by atoms with Crippen LogP contribution < -0.4 is 24.4 Å². The molecule has 0 aliphatic carbocycles. The van der Waals surface area contributed by atoms with Crippen molar-refractivity contribution in [1.82, 2.24) is 0 Å². The van der Waals surface area contributed by atoms with E-state index in [1.165, 1.54) is 37.3 Å². The van der Waals surface area contributed by atoms with E-state index in [4.69, 9.17) is 25.9 Å². The SMILES string of the molecule is COc1cc(NC(C(=O)N2CCc3ccc(OC(F)(F)F)cc32)c2ccc(Cl)cc2OC)cc(C(C)=NOC(C)(C)CO)c1. The van der Waals surface area contributed by atoms with Crippen LogP contribution in [0.25, 0.3) is 0 Å². The third-order valence-corrected chi connectivity index (χ3v) is 7.12. The van der Waals surface area contributed by atoms with Crippen LogP contribution in [0.4, 0.5) is 24.5 Å². The molecule has 0 saturated carbocycles. The van der Waals surface area contributed by atoms with Crippen molar-refractivity contribution in [3.8, 4) is 17.2 Å². The number of halogens is 4. The fourth-order valence-electron chi connectivity index (χ4n) is 4.59. The molecule has 3 aromatic rings. The van der Waals surface area contributed by atoms with E-state index in [2.05, 4.69) is 15.2 Å². The van der Waals surface area contributed by atoms with E-state index in [0.29, 0.717) is 56.7 Å². The smallest absolute Gasteiger partial charge is 0.497 e. The first kappa shape index (κ1) is 32.7. The highest BCUT2D eigenvalue weighted by Gasteiger charge is 2.35. The summed E-state index contributed by atoms with van der Waals surface area (Å²) in [6.45, 7) is 5.09. The number of alkyl halides is 3. The Bertz CT molecular complexity index is 1550. The van der Waals surface area contributed by atoms with Crippen LogP contribution in [0, 0.1) is 0 Å². The summed E-state index contributed by atoms with van der Waals surface area (Å²) in [5.74, 6) is -0.0900. The Hall–Kier alpha value is -4.16. The number of hydrogen-bond donors (Lipinski definition) is 2. The Kier molecular flexibility index (Phi) is 9.85. The molecule has 44 heavy (non-hydrogen) atoms. The highest BCUT2D eigenvalue weighted by atomic mass is 35.5. The van der Waals surface area contributed by atoms with E-state index >= 15 is 0 Å². The van der Waals surface area contributed by atoms with Gasteiger partial charge in [0.15, 0.2) is 5.60 Å². The van der Waals surface area contributed by atoms with E-state index < -0.39 is 29.7 Å². The van der Waals surface area contributed by atoms with E-state index in [9.17, 15) is 23.1 Å². The van der Waals surface area contributed by atoms with Gasteiger partial charge in [-0.25, -0.2) is 0 Å². The van der Waals surface area contributed by atoms with Crippen LogP contribution in [0.3, 0.4) is 0 Å². The number of amides is 1. The molecule has 1 aliphatic rings. The summed E-state index contributed by atoms with van der Waals surface area (Å²) in [6, 6.07) is 12.9. The largest absolute Gasteiger partial charge is 0.573 e. The molecular formula is C31H33ClF3N3O6.